The molecule has 0 radical (unpaired) electrons. The summed E-state index contributed by atoms with van der Waals surface area (Å²) in [6.07, 6.45) is 3.17. The van der Waals surface area contributed by atoms with Gasteiger partial charge in [0.05, 0.1) is 12.7 Å². The molecule has 29 heavy (non-hydrogen) atoms. The molecule has 2 bridgehead atoms. The Morgan fingerprint density at radius 3 is 2.79 bits per heavy atom. The molecular formula is C22H31N3O4. The number of nitrogens with two attached hydrogens (primary N) is 1. The highest BCUT2D eigenvalue weighted by molar-refractivity contribution is 5.95. The van der Waals surface area contributed by atoms with Crippen molar-refractivity contribution in [1.82, 2.24) is 9.80 Å². The molecule has 3 N–H and O–H groups in total. The van der Waals surface area contributed by atoms with Crippen molar-refractivity contribution in [3.8, 4) is 5.75 Å². The van der Waals surface area contributed by atoms with Crippen LogP contribution in [0.2, 0.25) is 0 Å². The first-order valence-corrected chi connectivity index (χ1v) is 10.5. The van der Waals surface area contributed by atoms with Crippen LogP contribution in [-0.4, -0.2) is 65.7 Å². The van der Waals surface area contributed by atoms with Crippen molar-refractivity contribution in [1.29, 1.82) is 0 Å². The van der Waals surface area contributed by atoms with Gasteiger partial charge in [-0.3, -0.25) is 9.69 Å². The van der Waals surface area contributed by atoms with Crippen molar-refractivity contribution in [3.05, 3.63) is 29.3 Å². The van der Waals surface area contributed by atoms with Crippen LogP contribution in [0.3, 0.4) is 0 Å². The summed E-state index contributed by atoms with van der Waals surface area (Å²) in [6, 6.07) is 5.41. The number of rotatable bonds is 3. The molecule has 1 aromatic carbocycles. The Morgan fingerprint density at radius 2 is 2.14 bits per heavy atom. The summed E-state index contributed by atoms with van der Waals surface area (Å²) in [5.74, 6) is 0.212. The van der Waals surface area contributed by atoms with E-state index in [0.29, 0.717) is 19.3 Å². The minimum atomic E-state index is -0.903. The zero-order valence-corrected chi connectivity index (χ0v) is 17.5. The summed E-state index contributed by atoms with van der Waals surface area (Å²) in [4.78, 5) is 28.3. The molecule has 2 fully saturated rings. The Balaban J connectivity index is 1.80. The second-order valence-corrected chi connectivity index (χ2v) is 8.84. The van der Waals surface area contributed by atoms with Crippen molar-refractivity contribution in [3.63, 3.8) is 0 Å². The number of urea groups is 1. The highest BCUT2D eigenvalue weighted by atomic mass is 16.5. The molecule has 1 heterocycles. The number of amides is 3. The second kappa shape index (κ2) is 6.99. The third-order valence-electron chi connectivity index (χ3n) is 7.72. The van der Waals surface area contributed by atoms with Gasteiger partial charge in [-0.05, 0) is 75.9 Å². The molecule has 3 aliphatic rings. The van der Waals surface area contributed by atoms with E-state index in [4.69, 9.17) is 10.5 Å². The Morgan fingerprint density at radius 1 is 1.38 bits per heavy atom. The maximum absolute atomic E-state index is 13.1. The third-order valence-corrected chi connectivity index (χ3v) is 7.72. The van der Waals surface area contributed by atoms with E-state index < -0.39 is 17.0 Å². The second-order valence-electron chi connectivity index (χ2n) is 8.84. The van der Waals surface area contributed by atoms with Crippen LogP contribution in [-0.2, 0) is 16.6 Å². The zero-order valence-electron chi connectivity index (χ0n) is 17.5. The van der Waals surface area contributed by atoms with Gasteiger partial charge < -0.3 is 20.5 Å². The predicted octanol–water partition coefficient (Wildman–Crippen LogP) is 1.65. The number of fused-ring (bicyclic) bond motifs is 1. The number of likely N-dealkylation sites (N-methyl/N-ethyl adjacent to an activating group) is 1. The molecule has 7 nitrogen and oxygen atoms in total. The Kier molecular flexibility index (Phi) is 4.86. The lowest BCUT2D eigenvalue weighted by Gasteiger charge is -2.64. The molecule has 0 spiro atoms. The number of methoxy groups -OCH3 is 1. The summed E-state index contributed by atoms with van der Waals surface area (Å²) in [7, 11) is 3.72. The number of likely N-dealkylation sites (tertiary alicyclic amines) is 1. The highest BCUT2D eigenvalue weighted by Gasteiger charge is 2.64. The average Bonchev–Trinajstić information content (AvgIpc) is 2.70. The number of primary amides is 1. The molecule has 1 saturated carbocycles. The van der Waals surface area contributed by atoms with Crippen LogP contribution in [0.4, 0.5) is 4.79 Å². The summed E-state index contributed by atoms with van der Waals surface area (Å²) in [6.45, 7) is 2.88. The van der Waals surface area contributed by atoms with Crippen LogP contribution in [0.25, 0.3) is 0 Å². The van der Waals surface area contributed by atoms with Gasteiger partial charge in [0.1, 0.15) is 5.75 Å². The normalized spacial score (nSPS) is 33.4. The Hall–Kier alpha value is -2.12. The SMILES string of the molecule is CCN(C(N)=O)C(=O)C1CCC2(O)C3Cc4ccc(OC)cc4[C@@]2(CCN3C)C1. The first-order chi connectivity index (χ1) is 13.8. The first-order valence-electron chi connectivity index (χ1n) is 10.5. The predicted molar refractivity (Wildman–Crippen MR) is 109 cm³/mol. The van der Waals surface area contributed by atoms with E-state index in [0.717, 1.165) is 35.6 Å². The van der Waals surface area contributed by atoms with E-state index in [2.05, 4.69) is 18.0 Å². The lowest BCUT2D eigenvalue weighted by atomic mass is 9.48. The Bertz CT molecular complexity index is 843. The summed E-state index contributed by atoms with van der Waals surface area (Å²) in [5.41, 5.74) is 6.32. The molecule has 3 unspecified atom stereocenters. The minimum Gasteiger partial charge on any atom is -0.497 e. The number of hydrogen-bond acceptors (Lipinski definition) is 5. The number of carbonyl (C=O) groups is 2. The fourth-order valence-electron chi connectivity index (χ4n) is 6.19. The fraction of sp³-hybridized carbons (Fsp3) is 0.636. The monoisotopic (exact) mass is 401 g/mol. The van der Waals surface area contributed by atoms with Gasteiger partial charge in [-0.1, -0.05) is 6.07 Å². The maximum Gasteiger partial charge on any atom is 0.321 e. The summed E-state index contributed by atoms with van der Waals surface area (Å²) < 4.78 is 5.48. The van der Waals surface area contributed by atoms with E-state index in [1.807, 2.05) is 12.1 Å². The van der Waals surface area contributed by atoms with Crippen LogP contribution < -0.4 is 10.5 Å². The first kappa shape index (κ1) is 20.2. The number of aliphatic hydroxyl groups is 1. The van der Waals surface area contributed by atoms with E-state index in [1.165, 1.54) is 5.56 Å². The number of imide groups is 1. The number of hydrogen-bond donors (Lipinski definition) is 2. The molecule has 4 atom stereocenters. The van der Waals surface area contributed by atoms with E-state index in [-0.39, 0.29) is 24.4 Å². The van der Waals surface area contributed by atoms with Gasteiger partial charge in [-0.15, -0.1) is 0 Å². The van der Waals surface area contributed by atoms with Gasteiger partial charge in [0, 0.05) is 23.9 Å². The molecule has 1 saturated heterocycles. The summed E-state index contributed by atoms with van der Waals surface area (Å²) >= 11 is 0. The number of benzene rings is 1. The fourth-order valence-corrected chi connectivity index (χ4v) is 6.19. The molecule has 4 rings (SSSR count). The van der Waals surface area contributed by atoms with Crippen molar-refractivity contribution in [2.45, 2.75) is 56.1 Å². The maximum atomic E-state index is 13.1. The van der Waals surface area contributed by atoms with E-state index in [9.17, 15) is 14.7 Å². The van der Waals surface area contributed by atoms with Crippen LogP contribution in [0.15, 0.2) is 18.2 Å². The quantitative estimate of drug-likeness (QED) is 0.803. The number of nitrogens with zero attached hydrogens (tertiary/aromatic N) is 2. The van der Waals surface area contributed by atoms with Crippen molar-refractivity contribution < 1.29 is 19.4 Å². The van der Waals surface area contributed by atoms with Crippen molar-refractivity contribution >= 4 is 11.9 Å². The van der Waals surface area contributed by atoms with Gasteiger partial charge in [0.2, 0.25) is 5.91 Å². The summed E-state index contributed by atoms with van der Waals surface area (Å²) in [5, 5.41) is 12.0. The molecule has 1 aliphatic heterocycles. The smallest absolute Gasteiger partial charge is 0.321 e. The lowest BCUT2D eigenvalue weighted by molar-refractivity contribution is -0.174. The molecule has 1 aromatic rings. The van der Waals surface area contributed by atoms with Crippen LogP contribution in [0, 0.1) is 5.92 Å². The molecule has 3 amide bonds. The van der Waals surface area contributed by atoms with Crippen molar-refractivity contribution in [2.75, 3.05) is 27.2 Å². The van der Waals surface area contributed by atoms with Gasteiger partial charge >= 0.3 is 6.03 Å². The van der Waals surface area contributed by atoms with E-state index in [1.54, 1.807) is 14.0 Å². The van der Waals surface area contributed by atoms with Crippen LogP contribution in [0.1, 0.15) is 43.7 Å². The number of piperidine rings is 1. The zero-order chi connectivity index (χ0) is 21.0. The molecule has 158 valence electrons. The van der Waals surface area contributed by atoms with Gasteiger partial charge in [0.15, 0.2) is 0 Å². The van der Waals surface area contributed by atoms with Gasteiger partial charge in [-0.25, -0.2) is 4.79 Å². The lowest BCUT2D eigenvalue weighted by Crippen LogP contribution is -2.73. The Labute approximate surface area is 171 Å². The largest absolute Gasteiger partial charge is 0.497 e. The molecular weight excluding hydrogens is 370 g/mol. The standard InChI is InChI=1S/C22H31N3O4/c1-4-25(20(23)27)19(26)15-7-8-22(28)18-11-14-5-6-16(29-3)12-17(14)21(22,13-15)9-10-24(18)2/h5-6,12,15,18,28H,4,7-11,13H2,1-3H3,(H2,23,27)/t15?,18?,21-,22?/m1/s1. The third kappa shape index (κ3) is 2.78. The van der Waals surface area contributed by atoms with Crippen molar-refractivity contribution in [2.24, 2.45) is 11.7 Å². The van der Waals surface area contributed by atoms with E-state index >= 15 is 0 Å². The number of carbonyl (C=O) groups excluding carboxylic acids is 2. The van der Waals surface area contributed by atoms with Crippen LogP contribution in [0.5, 0.6) is 5.75 Å². The van der Waals surface area contributed by atoms with Gasteiger partial charge in [0.25, 0.3) is 0 Å². The highest BCUT2D eigenvalue weighted by Crippen LogP contribution is 2.59. The molecule has 0 aromatic heterocycles. The number of ether oxygens (including phenoxy) is 1. The van der Waals surface area contributed by atoms with Crippen LogP contribution >= 0.6 is 0 Å². The molecule has 7 heteroatoms. The minimum absolute atomic E-state index is 0.0200. The van der Waals surface area contributed by atoms with Gasteiger partial charge in [-0.2, -0.15) is 0 Å². The molecule has 2 aliphatic carbocycles. The average molecular weight is 402 g/mol. The topological polar surface area (TPSA) is 96.1 Å².